The third-order valence-corrected chi connectivity index (χ3v) is 4.66. The lowest BCUT2D eigenvalue weighted by Crippen LogP contribution is -2.36. The van der Waals surface area contributed by atoms with Crippen molar-refractivity contribution < 1.29 is 4.79 Å². The quantitative estimate of drug-likeness (QED) is 0.872. The lowest BCUT2D eigenvalue weighted by molar-refractivity contribution is -0.115. The Morgan fingerprint density at radius 3 is 2.73 bits per heavy atom. The van der Waals surface area contributed by atoms with Gasteiger partial charge in [0.25, 0.3) is 0 Å². The molecule has 0 aromatic heterocycles. The molecular weight excluding hydrogens is 292 g/mol. The van der Waals surface area contributed by atoms with Gasteiger partial charge in [-0.15, -0.1) is 11.8 Å². The smallest absolute Gasteiger partial charge is 0.243 e. The van der Waals surface area contributed by atoms with Gasteiger partial charge in [-0.2, -0.15) is 0 Å². The highest BCUT2D eigenvalue weighted by Crippen LogP contribution is 2.26. The summed E-state index contributed by atoms with van der Waals surface area (Å²) in [4.78, 5) is 15.7. The van der Waals surface area contributed by atoms with E-state index in [1.165, 1.54) is 16.1 Å². The Labute approximate surface area is 135 Å². The topological polar surface area (TPSA) is 32.3 Å². The van der Waals surface area contributed by atoms with Gasteiger partial charge < -0.3 is 10.2 Å². The van der Waals surface area contributed by atoms with E-state index in [2.05, 4.69) is 28.4 Å². The molecule has 0 unspecified atom stereocenters. The molecule has 0 saturated carbocycles. The van der Waals surface area contributed by atoms with Gasteiger partial charge in [0.15, 0.2) is 0 Å². The molecule has 2 aromatic rings. The van der Waals surface area contributed by atoms with Crippen LogP contribution in [0.2, 0.25) is 0 Å². The molecule has 114 valence electrons. The Hall–Kier alpha value is -1.94. The predicted molar refractivity (Wildman–Crippen MR) is 93.8 cm³/mol. The number of nitrogens with one attached hydrogen (secondary N) is 1. The fraction of sp³-hybridized carbons (Fsp3) is 0.278. The third-order valence-electron chi connectivity index (χ3n) is 3.91. The van der Waals surface area contributed by atoms with Crippen molar-refractivity contribution in [3.8, 4) is 0 Å². The Morgan fingerprint density at radius 1 is 1.18 bits per heavy atom. The second kappa shape index (κ2) is 6.88. The van der Waals surface area contributed by atoms with Crippen LogP contribution in [0.25, 0.3) is 0 Å². The molecule has 3 nitrogen and oxygen atoms in total. The molecule has 0 atom stereocenters. The summed E-state index contributed by atoms with van der Waals surface area (Å²) in [6.45, 7) is 1.34. The van der Waals surface area contributed by atoms with Gasteiger partial charge in [0.2, 0.25) is 5.91 Å². The van der Waals surface area contributed by atoms with Gasteiger partial charge in [-0.05, 0) is 55.0 Å². The van der Waals surface area contributed by atoms with Crippen molar-refractivity contribution in [3.05, 3.63) is 54.1 Å². The van der Waals surface area contributed by atoms with Gasteiger partial charge >= 0.3 is 0 Å². The number of aryl methyl sites for hydroxylation is 1. The highest BCUT2D eigenvalue weighted by Gasteiger charge is 2.18. The fourth-order valence-electron chi connectivity index (χ4n) is 2.82. The van der Waals surface area contributed by atoms with Crippen LogP contribution in [0.5, 0.6) is 0 Å². The van der Waals surface area contributed by atoms with E-state index in [9.17, 15) is 4.79 Å². The maximum absolute atomic E-state index is 12.3. The zero-order valence-corrected chi connectivity index (χ0v) is 13.5. The summed E-state index contributed by atoms with van der Waals surface area (Å²) < 4.78 is 0. The van der Waals surface area contributed by atoms with Gasteiger partial charge in [0.1, 0.15) is 0 Å². The van der Waals surface area contributed by atoms with E-state index in [-0.39, 0.29) is 5.91 Å². The number of hydrogen-bond donors (Lipinski definition) is 1. The van der Waals surface area contributed by atoms with Crippen molar-refractivity contribution in [2.75, 3.05) is 29.6 Å². The number of hydrogen-bond acceptors (Lipinski definition) is 3. The second-order valence-electron chi connectivity index (χ2n) is 5.43. The van der Waals surface area contributed by atoms with Crippen molar-refractivity contribution in [1.82, 2.24) is 0 Å². The molecular formula is C18H20N2OS. The van der Waals surface area contributed by atoms with Crippen molar-refractivity contribution >= 4 is 29.0 Å². The molecule has 1 aliphatic heterocycles. The summed E-state index contributed by atoms with van der Waals surface area (Å²) in [5, 5.41) is 2.98. The first-order valence-corrected chi connectivity index (χ1v) is 8.75. The maximum atomic E-state index is 12.3. The Balaban J connectivity index is 1.65. The lowest BCUT2D eigenvalue weighted by Gasteiger charge is -2.30. The van der Waals surface area contributed by atoms with Crippen LogP contribution < -0.4 is 10.2 Å². The van der Waals surface area contributed by atoms with Crippen LogP contribution in [-0.4, -0.2) is 25.3 Å². The van der Waals surface area contributed by atoms with Crippen LogP contribution in [0.15, 0.2) is 53.4 Å². The van der Waals surface area contributed by atoms with Crippen LogP contribution in [0.4, 0.5) is 11.4 Å². The number of nitrogens with zero attached hydrogens (tertiary/aromatic N) is 1. The highest BCUT2D eigenvalue weighted by atomic mass is 32.2. The molecule has 1 N–H and O–H groups in total. The Morgan fingerprint density at radius 2 is 1.95 bits per heavy atom. The molecule has 1 amide bonds. The minimum atomic E-state index is 0.0357. The zero-order valence-electron chi connectivity index (χ0n) is 12.7. The molecule has 4 heteroatoms. The van der Waals surface area contributed by atoms with Crippen LogP contribution >= 0.6 is 11.8 Å². The Bertz CT molecular complexity index is 654. The monoisotopic (exact) mass is 312 g/mol. The van der Waals surface area contributed by atoms with Gasteiger partial charge in [-0.1, -0.05) is 18.2 Å². The number of carbonyl (C=O) groups excluding carboxylic acids is 1. The maximum Gasteiger partial charge on any atom is 0.243 e. The van der Waals surface area contributed by atoms with Crippen molar-refractivity contribution in [3.63, 3.8) is 0 Å². The largest absolute Gasteiger partial charge is 0.362 e. The predicted octanol–water partition coefficient (Wildman–Crippen LogP) is 3.80. The molecule has 2 aromatic carbocycles. The first kappa shape index (κ1) is 15.0. The van der Waals surface area contributed by atoms with Gasteiger partial charge in [-0.25, -0.2) is 0 Å². The molecule has 0 spiro atoms. The van der Waals surface area contributed by atoms with Gasteiger partial charge in [0, 0.05) is 22.8 Å². The van der Waals surface area contributed by atoms with Crippen molar-refractivity contribution in [2.24, 2.45) is 0 Å². The third kappa shape index (κ3) is 3.45. The normalized spacial score (nSPS) is 13.6. The van der Waals surface area contributed by atoms with Gasteiger partial charge in [-0.3, -0.25) is 4.79 Å². The van der Waals surface area contributed by atoms with Gasteiger partial charge in [0.05, 0.1) is 6.54 Å². The van der Waals surface area contributed by atoms with Crippen LogP contribution in [0.1, 0.15) is 12.0 Å². The summed E-state index contributed by atoms with van der Waals surface area (Å²) in [6, 6.07) is 16.3. The van der Waals surface area contributed by atoms with E-state index in [0.29, 0.717) is 6.54 Å². The lowest BCUT2D eigenvalue weighted by atomic mass is 10.0. The Kier molecular flexibility index (Phi) is 4.68. The molecule has 0 saturated heterocycles. The number of anilines is 2. The first-order valence-electron chi connectivity index (χ1n) is 7.53. The molecule has 1 aliphatic rings. The van der Waals surface area contributed by atoms with E-state index in [0.717, 1.165) is 25.1 Å². The molecule has 22 heavy (non-hydrogen) atoms. The average molecular weight is 312 g/mol. The number of para-hydroxylation sites is 1. The number of amides is 1. The molecule has 0 fully saturated rings. The summed E-state index contributed by atoms with van der Waals surface area (Å²) in [5.74, 6) is 0.0357. The number of benzene rings is 2. The van der Waals surface area contributed by atoms with E-state index in [4.69, 9.17) is 0 Å². The van der Waals surface area contributed by atoms with E-state index < -0.39 is 0 Å². The van der Waals surface area contributed by atoms with Crippen molar-refractivity contribution in [1.29, 1.82) is 0 Å². The molecule has 0 bridgehead atoms. The van der Waals surface area contributed by atoms with E-state index >= 15 is 0 Å². The fourth-order valence-corrected chi connectivity index (χ4v) is 3.23. The minimum Gasteiger partial charge on any atom is -0.362 e. The number of carbonyl (C=O) groups is 1. The number of fused-ring (bicyclic) bond motifs is 1. The molecule has 0 radical (unpaired) electrons. The summed E-state index contributed by atoms with van der Waals surface area (Å²) in [7, 11) is 0. The second-order valence-corrected chi connectivity index (χ2v) is 6.31. The molecule has 3 rings (SSSR count). The van der Waals surface area contributed by atoms with Crippen LogP contribution in [-0.2, 0) is 11.2 Å². The SMILES string of the molecule is CSc1ccc(NC(=O)CN2CCCc3ccccc32)cc1. The summed E-state index contributed by atoms with van der Waals surface area (Å²) >= 11 is 1.70. The van der Waals surface area contributed by atoms with Crippen molar-refractivity contribution in [2.45, 2.75) is 17.7 Å². The van der Waals surface area contributed by atoms with E-state index in [1.54, 1.807) is 11.8 Å². The molecule has 0 aliphatic carbocycles. The number of rotatable bonds is 4. The van der Waals surface area contributed by atoms with E-state index in [1.807, 2.05) is 36.6 Å². The summed E-state index contributed by atoms with van der Waals surface area (Å²) in [5.41, 5.74) is 3.39. The number of thioether (sulfide) groups is 1. The summed E-state index contributed by atoms with van der Waals surface area (Å²) in [6.07, 6.45) is 4.25. The minimum absolute atomic E-state index is 0.0357. The van der Waals surface area contributed by atoms with Crippen LogP contribution in [0, 0.1) is 0 Å². The first-order chi connectivity index (χ1) is 10.8. The average Bonchev–Trinajstić information content (AvgIpc) is 2.56. The highest BCUT2D eigenvalue weighted by molar-refractivity contribution is 7.98. The van der Waals surface area contributed by atoms with Crippen LogP contribution in [0.3, 0.4) is 0 Å². The standard InChI is InChI=1S/C18H20N2OS/c1-22-16-10-8-15(9-11-16)19-18(21)13-20-12-4-6-14-5-2-3-7-17(14)20/h2-3,5,7-11H,4,6,12-13H2,1H3,(H,19,21). The molecule has 1 heterocycles. The zero-order chi connectivity index (χ0) is 15.4.